The zero-order chi connectivity index (χ0) is 15.6. The van der Waals surface area contributed by atoms with Crippen molar-refractivity contribution in [2.24, 2.45) is 5.41 Å². The molecular formula is C16H24N2O3S. The van der Waals surface area contributed by atoms with Crippen molar-refractivity contribution in [1.82, 2.24) is 9.29 Å². The van der Waals surface area contributed by atoms with Crippen molar-refractivity contribution < 1.29 is 13.2 Å². The van der Waals surface area contributed by atoms with Crippen molar-refractivity contribution in [3.8, 4) is 0 Å². The fraction of sp³-hybridized carbons (Fsp3) is 0.688. The van der Waals surface area contributed by atoms with Crippen molar-refractivity contribution in [2.45, 2.75) is 38.2 Å². The van der Waals surface area contributed by atoms with Gasteiger partial charge in [0.05, 0.1) is 18.5 Å². The summed E-state index contributed by atoms with van der Waals surface area (Å²) in [6.07, 6.45) is 6.77. The van der Waals surface area contributed by atoms with Crippen LogP contribution in [0.4, 0.5) is 0 Å². The van der Waals surface area contributed by atoms with E-state index in [-0.39, 0.29) is 11.9 Å². The first-order valence-electron chi connectivity index (χ1n) is 7.95. The smallest absolute Gasteiger partial charge is 0.216 e. The van der Waals surface area contributed by atoms with E-state index in [4.69, 9.17) is 4.74 Å². The Labute approximate surface area is 132 Å². The lowest BCUT2D eigenvalue weighted by molar-refractivity contribution is 0.0748. The van der Waals surface area contributed by atoms with E-state index >= 15 is 0 Å². The van der Waals surface area contributed by atoms with E-state index in [0.717, 1.165) is 18.7 Å². The molecule has 1 unspecified atom stereocenters. The van der Waals surface area contributed by atoms with E-state index in [1.165, 1.54) is 23.6 Å². The normalized spacial score (nSPS) is 23.8. The maximum Gasteiger partial charge on any atom is 0.216 e. The van der Waals surface area contributed by atoms with Gasteiger partial charge >= 0.3 is 0 Å². The Kier molecular flexibility index (Phi) is 4.52. The third-order valence-corrected chi connectivity index (χ3v) is 6.91. The zero-order valence-electron chi connectivity index (χ0n) is 13.1. The summed E-state index contributed by atoms with van der Waals surface area (Å²) < 4.78 is 32.1. The number of sulfonamides is 1. The van der Waals surface area contributed by atoms with Gasteiger partial charge in [-0.25, -0.2) is 12.7 Å². The largest absolute Gasteiger partial charge is 0.377 e. The van der Waals surface area contributed by atoms with Gasteiger partial charge in [0.2, 0.25) is 10.0 Å². The van der Waals surface area contributed by atoms with Gasteiger partial charge in [-0.05, 0) is 36.8 Å². The quantitative estimate of drug-likeness (QED) is 0.801. The molecule has 1 atom stereocenters. The second kappa shape index (κ2) is 6.26. The molecule has 22 heavy (non-hydrogen) atoms. The molecule has 0 N–H and O–H groups in total. The zero-order valence-corrected chi connectivity index (χ0v) is 13.9. The average molecular weight is 324 g/mol. The Bertz CT molecular complexity index is 599. The molecular weight excluding hydrogens is 300 g/mol. The molecule has 1 aliphatic heterocycles. The molecule has 0 amide bonds. The van der Waals surface area contributed by atoms with Crippen LogP contribution in [-0.2, 0) is 21.2 Å². The van der Waals surface area contributed by atoms with Crippen LogP contribution in [0, 0.1) is 5.41 Å². The highest BCUT2D eigenvalue weighted by molar-refractivity contribution is 7.89. The number of hydrogen-bond donors (Lipinski definition) is 0. The van der Waals surface area contributed by atoms with Crippen molar-refractivity contribution >= 4 is 10.0 Å². The lowest BCUT2D eigenvalue weighted by Crippen LogP contribution is -2.36. The molecule has 2 fully saturated rings. The fourth-order valence-corrected chi connectivity index (χ4v) is 4.65. The van der Waals surface area contributed by atoms with E-state index in [0.29, 0.717) is 18.4 Å². The second-order valence-electron chi connectivity index (χ2n) is 6.66. The Morgan fingerprint density at radius 2 is 2.23 bits per heavy atom. The summed E-state index contributed by atoms with van der Waals surface area (Å²) in [4.78, 5) is 4.23. The van der Waals surface area contributed by atoms with Crippen molar-refractivity contribution in [1.29, 1.82) is 0 Å². The van der Waals surface area contributed by atoms with E-state index in [9.17, 15) is 8.42 Å². The maximum absolute atomic E-state index is 12.5. The number of aromatic nitrogens is 1. The summed E-state index contributed by atoms with van der Waals surface area (Å²) in [7, 11) is -1.62. The maximum atomic E-state index is 12.5. The van der Waals surface area contributed by atoms with E-state index in [2.05, 4.69) is 4.98 Å². The molecule has 122 valence electrons. The number of nitrogens with zero attached hydrogens (tertiary/aromatic N) is 2. The van der Waals surface area contributed by atoms with E-state index in [1.54, 1.807) is 13.2 Å². The molecule has 2 aliphatic rings. The summed E-state index contributed by atoms with van der Waals surface area (Å²) in [6.45, 7) is 1.20. The minimum absolute atomic E-state index is 0.105. The topological polar surface area (TPSA) is 59.5 Å². The van der Waals surface area contributed by atoms with Crippen LogP contribution in [0.2, 0.25) is 0 Å². The second-order valence-corrected chi connectivity index (χ2v) is 8.78. The Morgan fingerprint density at radius 3 is 2.82 bits per heavy atom. The monoisotopic (exact) mass is 324 g/mol. The number of hydrogen-bond acceptors (Lipinski definition) is 4. The highest BCUT2D eigenvalue weighted by Crippen LogP contribution is 2.49. The SMILES string of the molecule is CN(CCc1ccccn1)S(=O)(=O)CC1CC2(CCC2)CO1. The molecule has 1 aromatic rings. The van der Waals surface area contributed by atoms with E-state index in [1.807, 2.05) is 18.2 Å². The molecule has 1 saturated heterocycles. The van der Waals surface area contributed by atoms with Gasteiger partial charge in [0.15, 0.2) is 0 Å². The van der Waals surface area contributed by atoms with Crippen LogP contribution in [0.5, 0.6) is 0 Å². The third-order valence-electron chi connectivity index (χ3n) is 4.98. The first-order chi connectivity index (χ1) is 10.5. The first-order valence-corrected chi connectivity index (χ1v) is 9.56. The molecule has 0 radical (unpaired) electrons. The van der Waals surface area contributed by atoms with Gasteiger partial charge in [-0.15, -0.1) is 0 Å². The fourth-order valence-electron chi connectivity index (χ4n) is 3.35. The lowest BCUT2D eigenvalue weighted by Gasteiger charge is -2.36. The predicted octanol–water partition coefficient (Wildman–Crippen LogP) is 1.84. The number of pyridine rings is 1. The van der Waals surface area contributed by atoms with Crippen LogP contribution < -0.4 is 0 Å². The average Bonchev–Trinajstić information content (AvgIpc) is 2.89. The van der Waals surface area contributed by atoms with Gasteiger partial charge < -0.3 is 4.74 Å². The lowest BCUT2D eigenvalue weighted by atomic mass is 9.68. The van der Waals surface area contributed by atoms with Crippen LogP contribution in [0.15, 0.2) is 24.4 Å². The molecule has 0 bridgehead atoms. The number of rotatable bonds is 6. The number of likely N-dealkylation sites (N-methyl/N-ethyl adjacent to an activating group) is 1. The van der Waals surface area contributed by atoms with Crippen LogP contribution >= 0.6 is 0 Å². The van der Waals surface area contributed by atoms with Crippen LogP contribution in [0.3, 0.4) is 0 Å². The van der Waals surface area contributed by atoms with Gasteiger partial charge in [0.25, 0.3) is 0 Å². The van der Waals surface area contributed by atoms with Crippen LogP contribution in [-0.4, -0.2) is 49.8 Å². The van der Waals surface area contributed by atoms with Crippen molar-refractivity contribution in [2.75, 3.05) is 26.0 Å². The van der Waals surface area contributed by atoms with Gasteiger partial charge in [-0.1, -0.05) is 12.5 Å². The summed E-state index contributed by atoms with van der Waals surface area (Å²) >= 11 is 0. The summed E-state index contributed by atoms with van der Waals surface area (Å²) in [5.74, 6) is 0.105. The molecule has 1 spiro atoms. The van der Waals surface area contributed by atoms with Gasteiger partial charge in [0.1, 0.15) is 0 Å². The molecule has 0 aromatic carbocycles. The van der Waals surface area contributed by atoms with Gasteiger partial charge in [-0.3, -0.25) is 4.98 Å². The predicted molar refractivity (Wildman–Crippen MR) is 85.0 cm³/mol. The summed E-state index contributed by atoms with van der Waals surface area (Å²) in [5.41, 5.74) is 1.21. The summed E-state index contributed by atoms with van der Waals surface area (Å²) in [6, 6.07) is 5.69. The molecule has 1 aromatic heterocycles. The summed E-state index contributed by atoms with van der Waals surface area (Å²) in [5, 5.41) is 0. The molecule has 2 heterocycles. The van der Waals surface area contributed by atoms with Crippen LogP contribution in [0.25, 0.3) is 0 Å². The first kappa shape index (κ1) is 15.9. The van der Waals surface area contributed by atoms with Crippen LogP contribution in [0.1, 0.15) is 31.4 Å². The van der Waals surface area contributed by atoms with E-state index < -0.39 is 10.0 Å². The Balaban J connectivity index is 1.51. The minimum atomic E-state index is -3.27. The molecule has 1 aliphatic carbocycles. The van der Waals surface area contributed by atoms with Crippen molar-refractivity contribution in [3.63, 3.8) is 0 Å². The van der Waals surface area contributed by atoms with Gasteiger partial charge in [0, 0.05) is 31.9 Å². The molecule has 6 heteroatoms. The molecule has 3 rings (SSSR count). The minimum Gasteiger partial charge on any atom is -0.377 e. The standard InChI is InChI=1S/C16H24N2O3S/c1-18(10-6-14-5-2-3-9-17-14)22(19,20)12-15-11-16(13-21-15)7-4-8-16/h2-3,5,9,15H,4,6-8,10-13H2,1H3. The molecule has 1 saturated carbocycles. The molecule has 5 nitrogen and oxygen atoms in total. The van der Waals surface area contributed by atoms with Gasteiger partial charge in [-0.2, -0.15) is 0 Å². The third kappa shape index (κ3) is 3.50. The Hall–Kier alpha value is -0.980. The van der Waals surface area contributed by atoms with Crippen molar-refractivity contribution in [3.05, 3.63) is 30.1 Å². The number of ether oxygens (including phenoxy) is 1. The highest BCUT2D eigenvalue weighted by atomic mass is 32.2. The Morgan fingerprint density at radius 1 is 1.41 bits per heavy atom. The highest BCUT2D eigenvalue weighted by Gasteiger charge is 2.45.